The highest BCUT2D eigenvalue weighted by Crippen LogP contribution is 2.14. The molecule has 1 atom stereocenters. The summed E-state index contributed by atoms with van der Waals surface area (Å²) in [5.41, 5.74) is 0. The Morgan fingerprint density at radius 1 is 0.333 bits per heavy atom. The van der Waals surface area contributed by atoms with Gasteiger partial charge in [0.25, 0.3) is 0 Å². The fourth-order valence-electron chi connectivity index (χ4n) is 6.90. The van der Waals surface area contributed by atoms with E-state index < -0.39 is 6.10 Å². The number of rotatable bonds is 46. The topological polar surface area (TPSA) is 78.9 Å². The number of allylic oxidation sites excluding steroid dienone is 14. The molecule has 1 unspecified atom stereocenters. The number of carbonyl (C=O) groups is 3. The molecule has 6 nitrogen and oxygen atoms in total. The summed E-state index contributed by atoms with van der Waals surface area (Å²) in [5.74, 6) is -0.931. The van der Waals surface area contributed by atoms with Crippen molar-refractivity contribution in [3.63, 3.8) is 0 Å². The van der Waals surface area contributed by atoms with Crippen LogP contribution >= 0.6 is 0 Å². The van der Waals surface area contributed by atoms with Gasteiger partial charge < -0.3 is 14.2 Å². The van der Waals surface area contributed by atoms with Crippen molar-refractivity contribution >= 4 is 17.9 Å². The molecule has 0 saturated carbocycles. The summed E-state index contributed by atoms with van der Waals surface area (Å²) in [6, 6.07) is 0. The molecule has 0 aromatic rings. The SMILES string of the molecule is CC/C=C\C/C=C\C/C=C\CCCCCCCCCC(=O)OCC(COC(=O)CCCCCCC/C=C\C/C=C\CCCC)OC(=O)CCCCCCC/C=C\C/C=C\CCCC. The second-order valence-corrected chi connectivity index (χ2v) is 17.0. The molecule has 0 aromatic carbocycles. The monoisotopic (exact) mass is 877 g/mol. The Morgan fingerprint density at radius 3 is 0.968 bits per heavy atom. The van der Waals surface area contributed by atoms with Gasteiger partial charge in [0, 0.05) is 19.3 Å². The Balaban J connectivity index is 4.44. The second-order valence-electron chi connectivity index (χ2n) is 17.0. The quantitative estimate of drug-likeness (QED) is 0.0262. The van der Waals surface area contributed by atoms with Crippen LogP contribution in [-0.4, -0.2) is 37.2 Å². The van der Waals surface area contributed by atoms with Crippen molar-refractivity contribution < 1.29 is 28.6 Å². The van der Waals surface area contributed by atoms with Crippen molar-refractivity contribution in [3.8, 4) is 0 Å². The van der Waals surface area contributed by atoms with Crippen LogP contribution in [0.15, 0.2) is 85.1 Å². The lowest BCUT2D eigenvalue weighted by Gasteiger charge is -2.18. The first-order chi connectivity index (χ1) is 31.0. The van der Waals surface area contributed by atoms with E-state index in [0.29, 0.717) is 19.3 Å². The van der Waals surface area contributed by atoms with E-state index in [0.717, 1.165) is 135 Å². The van der Waals surface area contributed by atoms with Gasteiger partial charge in [0.1, 0.15) is 13.2 Å². The van der Waals surface area contributed by atoms with E-state index in [2.05, 4.69) is 106 Å². The highest BCUT2D eigenvalue weighted by atomic mass is 16.6. The minimum Gasteiger partial charge on any atom is -0.462 e. The maximum atomic E-state index is 12.8. The summed E-state index contributed by atoms with van der Waals surface area (Å²) >= 11 is 0. The number of esters is 3. The number of hydrogen-bond donors (Lipinski definition) is 0. The Bertz CT molecular complexity index is 1240. The van der Waals surface area contributed by atoms with Gasteiger partial charge in [-0.1, -0.05) is 202 Å². The van der Waals surface area contributed by atoms with Crippen LogP contribution in [0.3, 0.4) is 0 Å². The molecule has 0 aliphatic carbocycles. The zero-order valence-electron chi connectivity index (χ0n) is 41.1. The molecule has 0 fully saturated rings. The zero-order valence-corrected chi connectivity index (χ0v) is 41.1. The molecular weight excluding hydrogens is 781 g/mol. The van der Waals surface area contributed by atoms with Crippen molar-refractivity contribution in [2.75, 3.05) is 13.2 Å². The summed E-state index contributed by atoms with van der Waals surface area (Å²) in [7, 11) is 0. The summed E-state index contributed by atoms with van der Waals surface area (Å²) in [6.07, 6.45) is 65.6. The van der Waals surface area contributed by atoms with Gasteiger partial charge in [-0.05, 0) is 103 Å². The van der Waals surface area contributed by atoms with Crippen molar-refractivity contribution in [2.45, 2.75) is 245 Å². The molecule has 0 rings (SSSR count). The third-order valence-corrected chi connectivity index (χ3v) is 10.9. The van der Waals surface area contributed by atoms with Crippen LogP contribution in [-0.2, 0) is 28.6 Å². The van der Waals surface area contributed by atoms with Gasteiger partial charge in [0.05, 0.1) is 0 Å². The molecule has 0 aliphatic heterocycles. The van der Waals surface area contributed by atoms with Crippen molar-refractivity contribution in [1.82, 2.24) is 0 Å². The molecule has 6 heteroatoms. The molecule has 0 spiro atoms. The summed E-state index contributed by atoms with van der Waals surface area (Å²) in [5, 5.41) is 0. The lowest BCUT2D eigenvalue weighted by atomic mass is 10.1. The first kappa shape index (κ1) is 59.6. The van der Waals surface area contributed by atoms with Crippen LogP contribution in [0.5, 0.6) is 0 Å². The minimum atomic E-state index is -0.794. The van der Waals surface area contributed by atoms with Crippen LogP contribution in [0.4, 0.5) is 0 Å². The molecule has 0 heterocycles. The Kier molecular flexibility index (Phi) is 48.5. The van der Waals surface area contributed by atoms with E-state index in [4.69, 9.17) is 14.2 Å². The molecular formula is C57H96O6. The van der Waals surface area contributed by atoms with Crippen LogP contribution in [0.1, 0.15) is 239 Å². The number of hydrogen-bond acceptors (Lipinski definition) is 6. The van der Waals surface area contributed by atoms with E-state index in [1.165, 1.54) is 64.2 Å². The highest BCUT2D eigenvalue weighted by molar-refractivity contribution is 5.71. The van der Waals surface area contributed by atoms with Crippen molar-refractivity contribution in [1.29, 1.82) is 0 Å². The van der Waals surface area contributed by atoms with E-state index in [9.17, 15) is 14.4 Å². The van der Waals surface area contributed by atoms with Gasteiger partial charge in [-0.3, -0.25) is 14.4 Å². The maximum absolute atomic E-state index is 12.8. The van der Waals surface area contributed by atoms with E-state index in [1.807, 2.05) is 0 Å². The van der Waals surface area contributed by atoms with E-state index in [1.54, 1.807) is 0 Å². The van der Waals surface area contributed by atoms with E-state index >= 15 is 0 Å². The Morgan fingerprint density at radius 2 is 0.619 bits per heavy atom. The van der Waals surface area contributed by atoms with E-state index in [-0.39, 0.29) is 31.1 Å². The van der Waals surface area contributed by atoms with Crippen LogP contribution in [0.2, 0.25) is 0 Å². The Labute approximate surface area is 388 Å². The summed E-state index contributed by atoms with van der Waals surface area (Å²) in [4.78, 5) is 38.0. The highest BCUT2D eigenvalue weighted by Gasteiger charge is 2.19. The summed E-state index contributed by atoms with van der Waals surface area (Å²) < 4.78 is 16.8. The number of unbranched alkanes of at least 4 members (excludes halogenated alkanes) is 21. The fraction of sp³-hybridized carbons (Fsp3) is 0.702. The van der Waals surface area contributed by atoms with Crippen molar-refractivity contribution in [2.24, 2.45) is 0 Å². The fourth-order valence-corrected chi connectivity index (χ4v) is 6.90. The molecule has 360 valence electrons. The predicted molar refractivity (Wildman–Crippen MR) is 270 cm³/mol. The summed E-state index contributed by atoms with van der Waals surface area (Å²) in [6.45, 7) is 6.41. The molecule has 0 saturated heterocycles. The van der Waals surface area contributed by atoms with Gasteiger partial charge >= 0.3 is 17.9 Å². The first-order valence-electron chi connectivity index (χ1n) is 26.1. The predicted octanol–water partition coefficient (Wildman–Crippen LogP) is 17.2. The second kappa shape index (κ2) is 51.2. The molecule has 63 heavy (non-hydrogen) atoms. The maximum Gasteiger partial charge on any atom is 0.306 e. The molecule has 0 amide bonds. The molecule has 0 bridgehead atoms. The van der Waals surface area contributed by atoms with Gasteiger partial charge in [0.15, 0.2) is 6.10 Å². The standard InChI is InChI=1S/C57H96O6/c1-4-7-10-13-16-19-22-25-28-29-30-33-35-38-41-44-47-50-56(59)62-53-54(63-57(60)51-48-45-42-39-36-32-27-24-21-18-15-12-9-6-3)52-61-55(58)49-46-43-40-37-34-31-26-23-20-17-14-11-8-5-2/h7,10,14-19,23-28,54H,4-6,8-9,11-13,20-22,29-53H2,1-3H3/b10-7-,17-14-,18-15-,19-16-,26-23-,27-24-,28-25-. The zero-order chi connectivity index (χ0) is 45.8. The van der Waals surface area contributed by atoms with Crippen LogP contribution in [0, 0.1) is 0 Å². The van der Waals surface area contributed by atoms with Crippen molar-refractivity contribution in [3.05, 3.63) is 85.1 Å². The molecule has 0 N–H and O–H groups in total. The minimum absolute atomic E-state index is 0.0927. The largest absolute Gasteiger partial charge is 0.462 e. The normalized spacial score (nSPS) is 12.7. The number of carbonyl (C=O) groups excluding carboxylic acids is 3. The first-order valence-corrected chi connectivity index (χ1v) is 26.1. The van der Waals surface area contributed by atoms with Gasteiger partial charge in [-0.15, -0.1) is 0 Å². The third kappa shape index (κ3) is 49.5. The average Bonchev–Trinajstić information content (AvgIpc) is 3.28. The van der Waals surface area contributed by atoms with Crippen LogP contribution in [0.25, 0.3) is 0 Å². The molecule has 0 radical (unpaired) electrons. The van der Waals surface area contributed by atoms with Crippen LogP contribution < -0.4 is 0 Å². The third-order valence-electron chi connectivity index (χ3n) is 10.9. The number of ether oxygens (including phenoxy) is 3. The lowest BCUT2D eigenvalue weighted by Crippen LogP contribution is -2.30. The van der Waals surface area contributed by atoms with Gasteiger partial charge in [0.2, 0.25) is 0 Å². The lowest BCUT2D eigenvalue weighted by molar-refractivity contribution is -0.167. The molecule has 0 aromatic heterocycles. The van der Waals surface area contributed by atoms with Gasteiger partial charge in [-0.2, -0.15) is 0 Å². The average molecular weight is 877 g/mol. The molecule has 0 aliphatic rings. The van der Waals surface area contributed by atoms with Gasteiger partial charge in [-0.25, -0.2) is 0 Å². The smallest absolute Gasteiger partial charge is 0.306 e. The Hall–Kier alpha value is -3.41.